The first kappa shape index (κ1) is 9.70. The molecule has 0 aliphatic carbocycles. The molecular formula is C13H16N2O. The molecule has 0 saturated carbocycles. The number of carbonyl (C=O) groups excluding carboxylic acids is 1. The van der Waals surface area contributed by atoms with E-state index < -0.39 is 0 Å². The van der Waals surface area contributed by atoms with E-state index in [1.807, 2.05) is 17.0 Å². The quantitative estimate of drug-likeness (QED) is 0.777. The molecule has 0 aromatic heterocycles. The molecule has 2 aliphatic rings. The summed E-state index contributed by atoms with van der Waals surface area (Å²) in [6, 6.07) is 6.05. The molecule has 1 aromatic carbocycles. The average Bonchev–Trinajstić information content (AvgIpc) is 2.98. The second kappa shape index (κ2) is 3.81. The Kier molecular flexibility index (Phi) is 2.31. The number of likely N-dealkylation sites (tertiary alicyclic amines) is 1. The van der Waals surface area contributed by atoms with Crippen LogP contribution in [-0.2, 0) is 6.42 Å². The Labute approximate surface area is 95.4 Å². The number of nitrogens with one attached hydrogen (secondary N) is 1. The Bertz CT molecular complexity index is 422. The molecule has 2 heterocycles. The van der Waals surface area contributed by atoms with Gasteiger partial charge in [0.2, 0.25) is 0 Å². The van der Waals surface area contributed by atoms with Crippen LogP contribution in [0.2, 0.25) is 0 Å². The highest BCUT2D eigenvalue weighted by Crippen LogP contribution is 2.24. The van der Waals surface area contributed by atoms with Crippen molar-refractivity contribution < 1.29 is 4.79 Å². The van der Waals surface area contributed by atoms with Crippen LogP contribution in [-0.4, -0.2) is 30.4 Å². The van der Waals surface area contributed by atoms with Crippen LogP contribution in [0.15, 0.2) is 18.2 Å². The van der Waals surface area contributed by atoms with E-state index in [0.717, 1.165) is 50.1 Å². The second-order valence-electron chi connectivity index (χ2n) is 4.55. The zero-order valence-corrected chi connectivity index (χ0v) is 9.33. The number of amides is 1. The molecule has 3 nitrogen and oxygen atoms in total. The highest BCUT2D eigenvalue weighted by atomic mass is 16.2. The van der Waals surface area contributed by atoms with Crippen LogP contribution in [0.25, 0.3) is 0 Å². The molecule has 3 heteroatoms. The van der Waals surface area contributed by atoms with Crippen molar-refractivity contribution in [1.29, 1.82) is 0 Å². The summed E-state index contributed by atoms with van der Waals surface area (Å²) in [5.41, 5.74) is 3.30. The molecule has 2 aliphatic heterocycles. The van der Waals surface area contributed by atoms with Crippen molar-refractivity contribution in [1.82, 2.24) is 4.90 Å². The largest absolute Gasteiger partial charge is 0.384 e. The van der Waals surface area contributed by atoms with Crippen molar-refractivity contribution in [2.75, 3.05) is 25.0 Å². The van der Waals surface area contributed by atoms with Crippen LogP contribution >= 0.6 is 0 Å². The minimum Gasteiger partial charge on any atom is -0.384 e. The predicted molar refractivity (Wildman–Crippen MR) is 63.8 cm³/mol. The van der Waals surface area contributed by atoms with Gasteiger partial charge >= 0.3 is 0 Å². The summed E-state index contributed by atoms with van der Waals surface area (Å²) >= 11 is 0. The fourth-order valence-corrected chi connectivity index (χ4v) is 2.53. The van der Waals surface area contributed by atoms with Gasteiger partial charge in [0.05, 0.1) is 0 Å². The second-order valence-corrected chi connectivity index (χ2v) is 4.55. The van der Waals surface area contributed by atoms with E-state index in [9.17, 15) is 4.79 Å². The fourth-order valence-electron chi connectivity index (χ4n) is 2.53. The first-order chi connectivity index (χ1) is 7.84. The van der Waals surface area contributed by atoms with Crippen LogP contribution in [0.3, 0.4) is 0 Å². The summed E-state index contributed by atoms with van der Waals surface area (Å²) in [6.45, 7) is 2.84. The number of hydrogen-bond acceptors (Lipinski definition) is 2. The molecule has 3 rings (SSSR count). The van der Waals surface area contributed by atoms with E-state index in [1.54, 1.807) is 0 Å². The third kappa shape index (κ3) is 1.56. The molecule has 0 spiro atoms. The molecule has 16 heavy (non-hydrogen) atoms. The van der Waals surface area contributed by atoms with Gasteiger partial charge in [-0.25, -0.2) is 0 Å². The molecule has 1 fully saturated rings. The third-order valence-corrected chi connectivity index (χ3v) is 3.46. The topological polar surface area (TPSA) is 32.3 Å². The number of hydrogen-bond donors (Lipinski definition) is 1. The van der Waals surface area contributed by atoms with Crippen molar-refractivity contribution in [2.24, 2.45) is 0 Å². The van der Waals surface area contributed by atoms with Gasteiger partial charge in [0.1, 0.15) is 0 Å². The minimum absolute atomic E-state index is 0.189. The lowest BCUT2D eigenvalue weighted by Crippen LogP contribution is -2.27. The van der Waals surface area contributed by atoms with Crippen LogP contribution in [0.5, 0.6) is 0 Å². The first-order valence-electron chi connectivity index (χ1n) is 6.01. The maximum absolute atomic E-state index is 12.1. The van der Waals surface area contributed by atoms with Gasteiger partial charge in [-0.2, -0.15) is 0 Å². The first-order valence-corrected chi connectivity index (χ1v) is 6.01. The Balaban J connectivity index is 1.86. The molecule has 1 N–H and O–H groups in total. The molecule has 1 aromatic rings. The highest BCUT2D eigenvalue weighted by molar-refractivity contribution is 5.95. The van der Waals surface area contributed by atoms with E-state index in [1.165, 1.54) is 5.56 Å². The van der Waals surface area contributed by atoms with Gasteiger partial charge in [0.15, 0.2) is 0 Å². The average molecular weight is 216 g/mol. The van der Waals surface area contributed by atoms with Crippen LogP contribution in [0.1, 0.15) is 28.8 Å². The van der Waals surface area contributed by atoms with Gasteiger partial charge in [-0.3, -0.25) is 4.79 Å². The Hall–Kier alpha value is -1.51. The standard InChI is InChI=1S/C13H16N2O/c16-13(15-7-1-2-8-15)11-4-3-10-5-6-14-12(10)9-11/h3-4,9,14H,1-2,5-8H2. The van der Waals surface area contributed by atoms with Gasteiger partial charge in [-0.15, -0.1) is 0 Å². The van der Waals surface area contributed by atoms with E-state index in [2.05, 4.69) is 11.4 Å². The van der Waals surface area contributed by atoms with Crippen LogP contribution in [0.4, 0.5) is 5.69 Å². The molecule has 1 saturated heterocycles. The van der Waals surface area contributed by atoms with Gasteiger partial charge in [-0.1, -0.05) is 6.07 Å². The number of rotatable bonds is 1. The van der Waals surface area contributed by atoms with Gasteiger partial charge < -0.3 is 10.2 Å². The smallest absolute Gasteiger partial charge is 0.253 e. The summed E-state index contributed by atoms with van der Waals surface area (Å²) in [5.74, 6) is 0.189. The highest BCUT2D eigenvalue weighted by Gasteiger charge is 2.20. The van der Waals surface area contributed by atoms with Crippen molar-refractivity contribution in [3.63, 3.8) is 0 Å². The maximum Gasteiger partial charge on any atom is 0.253 e. The van der Waals surface area contributed by atoms with Crippen molar-refractivity contribution >= 4 is 11.6 Å². The van der Waals surface area contributed by atoms with E-state index in [-0.39, 0.29) is 5.91 Å². The summed E-state index contributed by atoms with van der Waals surface area (Å²) < 4.78 is 0. The van der Waals surface area contributed by atoms with Gasteiger partial charge in [0.25, 0.3) is 5.91 Å². The minimum atomic E-state index is 0.189. The summed E-state index contributed by atoms with van der Waals surface area (Å²) in [6.07, 6.45) is 3.37. The number of carbonyl (C=O) groups is 1. The van der Waals surface area contributed by atoms with Crippen molar-refractivity contribution in [3.8, 4) is 0 Å². The summed E-state index contributed by atoms with van der Waals surface area (Å²) in [7, 11) is 0. The lowest BCUT2D eigenvalue weighted by molar-refractivity contribution is 0.0793. The molecule has 1 amide bonds. The van der Waals surface area contributed by atoms with Gasteiger partial charge in [0, 0.05) is 30.9 Å². The Morgan fingerprint density at radius 1 is 1.25 bits per heavy atom. The van der Waals surface area contributed by atoms with E-state index in [4.69, 9.17) is 0 Å². The molecular weight excluding hydrogens is 200 g/mol. The molecule has 0 bridgehead atoms. The number of fused-ring (bicyclic) bond motifs is 1. The lowest BCUT2D eigenvalue weighted by Gasteiger charge is -2.15. The molecule has 84 valence electrons. The SMILES string of the molecule is O=C(c1ccc2c(c1)NCC2)N1CCCC1. The zero-order valence-electron chi connectivity index (χ0n) is 9.33. The summed E-state index contributed by atoms with van der Waals surface area (Å²) in [5, 5.41) is 3.32. The maximum atomic E-state index is 12.1. The zero-order chi connectivity index (χ0) is 11.0. The predicted octanol–water partition coefficient (Wildman–Crippen LogP) is 1.89. The van der Waals surface area contributed by atoms with Gasteiger partial charge in [-0.05, 0) is 37.0 Å². The molecule has 0 unspecified atom stereocenters. The summed E-state index contributed by atoms with van der Waals surface area (Å²) in [4.78, 5) is 14.1. The number of anilines is 1. The van der Waals surface area contributed by atoms with Crippen LogP contribution < -0.4 is 5.32 Å². The lowest BCUT2D eigenvalue weighted by atomic mass is 10.1. The normalized spacial score (nSPS) is 18.4. The van der Waals surface area contributed by atoms with Crippen molar-refractivity contribution in [3.05, 3.63) is 29.3 Å². The van der Waals surface area contributed by atoms with Crippen LogP contribution in [0, 0.1) is 0 Å². The number of nitrogens with zero attached hydrogens (tertiary/aromatic N) is 1. The Morgan fingerprint density at radius 3 is 2.88 bits per heavy atom. The fraction of sp³-hybridized carbons (Fsp3) is 0.462. The Morgan fingerprint density at radius 2 is 2.06 bits per heavy atom. The molecule has 0 atom stereocenters. The monoisotopic (exact) mass is 216 g/mol. The number of benzene rings is 1. The molecule has 0 radical (unpaired) electrons. The van der Waals surface area contributed by atoms with E-state index >= 15 is 0 Å². The van der Waals surface area contributed by atoms with Crippen molar-refractivity contribution in [2.45, 2.75) is 19.3 Å². The van der Waals surface area contributed by atoms with E-state index in [0.29, 0.717) is 0 Å². The third-order valence-electron chi connectivity index (χ3n) is 3.46.